The zero-order chi connectivity index (χ0) is 16.4. The zero-order valence-corrected chi connectivity index (χ0v) is 14.5. The first kappa shape index (κ1) is 15.9. The molecule has 1 aliphatic heterocycles. The Balaban J connectivity index is 1.75. The van der Waals surface area contributed by atoms with Crippen LogP contribution >= 0.6 is 11.8 Å². The molecule has 1 N–H and O–H groups in total. The fraction of sp³-hybridized carbons (Fsp3) is 0.412. The number of nitrogens with one attached hydrogen (secondary N) is 1. The lowest BCUT2D eigenvalue weighted by molar-refractivity contribution is 0.0753. The van der Waals surface area contributed by atoms with E-state index in [1.165, 1.54) is 0 Å². The highest BCUT2D eigenvalue weighted by Crippen LogP contribution is 2.26. The second kappa shape index (κ2) is 6.66. The highest BCUT2D eigenvalue weighted by Gasteiger charge is 2.26. The van der Waals surface area contributed by atoms with Gasteiger partial charge in [0.05, 0.1) is 11.9 Å². The zero-order valence-electron chi connectivity index (χ0n) is 13.7. The second-order valence-corrected chi connectivity index (χ2v) is 7.96. The van der Waals surface area contributed by atoms with Crippen molar-refractivity contribution in [1.29, 1.82) is 0 Å². The monoisotopic (exact) mass is 330 g/mol. The van der Waals surface area contributed by atoms with Gasteiger partial charge >= 0.3 is 0 Å². The van der Waals surface area contributed by atoms with Crippen molar-refractivity contribution < 1.29 is 4.79 Å². The van der Waals surface area contributed by atoms with Crippen molar-refractivity contribution in [2.45, 2.75) is 24.3 Å². The van der Waals surface area contributed by atoms with Crippen molar-refractivity contribution in [2.24, 2.45) is 7.05 Å². The molecular weight excluding hydrogens is 308 g/mol. The van der Waals surface area contributed by atoms with E-state index < -0.39 is 0 Å². The molecule has 0 bridgehead atoms. The Morgan fingerprint density at radius 2 is 2.00 bits per heavy atom. The molecule has 1 aromatic carbocycles. The molecule has 0 aliphatic carbocycles. The number of rotatable bonds is 3. The van der Waals surface area contributed by atoms with Crippen LogP contribution in [-0.2, 0) is 7.05 Å². The summed E-state index contributed by atoms with van der Waals surface area (Å²) in [6, 6.07) is 7.67. The van der Waals surface area contributed by atoms with Crippen molar-refractivity contribution in [2.75, 3.05) is 18.4 Å². The predicted molar refractivity (Wildman–Crippen MR) is 95.4 cm³/mol. The number of anilines is 2. The van der Waals surface area contributed by atoms with Gasteiger partial charge in [-0.1, -0.05) is 19.9 Å². The van der Waals surface area contributed by atoms with E-state index in [0.717, 1.165) is 30.0 Å². The number of carbonyl (C=O) groups is 1. The van der Waals surface area contributed by atoms with Gasteiger partial charge in [0.15, 0.2) is 0 Å². The number of thioether (sulfide) groups is 1. The molecule has 0 saturated carbocycles. The average Bonchev–Trinajstić information content (AvgIpc) is 2.91. The fourth-order valence-corrected chi connectivity index (χ4v) is 4.23. The first-order valence-electron chi connectivity index (χ1n) is 7.82. The molecular formula is C17H22N4OS. The van der Waals surface area contributed by atoms with Gasteiger partial charge in [-0.05, 0) is 18.2 Å². The largest absolute Gasteiger partial charge is 0.353 e. The van der Waals surface area contributed by atoms with E-state index in [1.54, 1.807) is 10.9 Å². The molecule has 0 spiro atoms. The Kier molecular flexibility index (Phi) is 4.61. The third kappa shape index (κ3) is 3.88. The summed E-state index contributed by atoms with van der Waals surface area (Å²) < 4.78 is 1.74. The molecule has 5 nitrogen and oxygen atoms in total. The molecule has 1 saturated heterocycles. The molecule has 122 valence electrons. The van der Waals surface area contributed by atoms with Crippen LogP contribution in [0.2, 0.25) is 0 Å². The highest BCUT2D eigenvalue weighted by atomic mass is 32.2. The van der Waals surface area contributed by atoms with Gasteiger partial charge in [0.1, 0.15) is 0 Å². The van der Waals surface area contributed by atoms with Gasteiger partial charge in [-0.3, -0.25) is 9.48 Å². The van der Waals surface area contributed by atoms with Crippen LogP contribution in [0.3, 0.4) is 0 Å². The number of carbonyl (C=O) groups excluding carboxylic acids is 1. The molecule has 2 aromatic rings. The van der Waals surface area contributed by atoms with Gasteiger partial charge in [-0.2, -0.15) is 16.9 Å². The Labute approximate surface area is 141 Å². The molecule has 23 heavy (non-hydrogen) atoms. The second-order valence-electron chi connectivity index (χ2n) is 6.08. The summed E-state index contributed by atoms with van der Waals surface area (Å²) in [6.07, 6.45) is 3.67. The number of benzene rings is 1. The van der Waals surface area contributed by atoms with Gasteiger partial charge in [-0.15, -0.1) is 0 Å². The normalized spacial score (nSPS) is 21.3. The van der Waals surface area contributed by atoms with Gasteiger partial charge in [-0.25, -0.2) is 0 Å². The number of hydrogen-bond acceptors (Lipinski definition) is 4. The van der Waals surface area contributed by atoms with Crippen molar-refractivity contribution in [1.82, 2.24) is 14.7 Å². The van der Waals surface area contributed by atoms with Crippen LogP contribution < -0.4 is 5.32 Å². The Morgan fingerprint density at radius 3 is 2.65 bits per heavy atom. The van der Waals surface area contributed by atoms with Crippen LogP contribution in [0.5, 0.6) is 0 Å². The van der Waals surface area contributed by atoms with E-state index >= 15 is 0 Å². The topological polar surface area (TPSA) is 50.2 Å². The van der Waals surface area contributed by atoms with Crippen molar-refractivity contribution in [3.05, 3.63) is 42.2 Å². The third-order valence-corrected chi connectivity index (χ3v) is 5.04. The molecule has 1 aromatic heterocycles. The summed E-state index contributed by atoms with van der Waals surface area (Å²) in [4.78, 5) is 14.7. The van der Waals surface area contributed by atoms with Crippen LogP contribution in [0, 0.1) is 0 Å². The lowest BCUT2D eigenvalue weighted by Crippen LogP contribution is -2.44. The van der Waals surface area contributed by atoms with E-state index in [9.17, 15) is 4.79 Å². The highest BCUT2D eigenvalue weighted by molar-refractivity contribution is 8.00. The average molecular weight is 330 g/mol. The maximum atomic E-state index is 12.8. The maximum absolute atomic E-state index is 12.8. The molecule has 2 unspecified atom stereocenters. The Morgan fingerprint density at radius 1 is 1.26 bits per heavy atom. The lowest BCUT2D eigenvalue weighted by Gasteiger charge is -2.34. The van der Waals surface area contributed by atoms with E-state index in [4.69, 9.17) is 0 Å². The number of hydrogen-bond donors (Lipinski definition) is 1. The molecule has 3 rings (SSSR count). The molecule has 1 fully saturated rings. The molecule has 0 radical (unpaired) electrons. The van der Waals surface area contributed by atoms with Gasteiger partial charge in [0.25, 0.3) is 5.91 Å². The smallest absolute Gasteiger partial charge is 0.254 e. The summed E-state index contributed by atoms with van der Waals surface area (Å²) in [5.41, 5.74) is 2.54. The first-order valence-corrected chi connectivity index (χ1v) is 8.76. The van der Waals surface area contributed by atoms with Gasteiger partial charge in [0.2, 0.25) is 0 Å². The Bertz CT molecular complexity index is 689. The van der Waals surface area contributed by atoms with E-state index in [2.05, 4.69) is 24.3 Å². The fourth-order valence-electron chi connectivity index (χ4n) is 2.91. The SMILES string of the molecule is CC1CN(C(=O)c2cccc(Nc3cnn(C)c3)c2)CC(C)S1. The minimum Gasteiger partial charge on any atom is -0.353 e. The standard InChI is InChI=1S/C17H22N4OS/c1-12-9-21(10-13(2)23-12)17(22)14-5-4-6-15(7-14)19-16-8-18-20(3)11-16/h4-8,11-13,19H,9-10H2,1-3H3. The number of amides is 1. The van der Waals surface area contributed by atoms with E-state index in [1.807, 2.05) is 54.2 Å². The molecule has 2 atom stereocenters. The van der Waals surface area contributed by atoms with Gasteiger partial charge < -0.3 is 10.2 Å². The summed E-state index contributed by atoms with van der Waals surface area (Å²) in [6.45, 7) is 5.99. The molecule has 1 aliphatic rings. The number of aryl methyl sites for hydroxylation is 1. The minimum atomic E-state index is 0.110. The summed E-state index contributed by atoms with van der Waals surface area (Å²) in [7, 11) is 1.88. The van der Waals surface area contributed by atoms with Crippen LogP contribution in [0.15, 0.2) is 36.7 Å². The van der Waals surface area contributed by atoms with Crippen LogP contribution in [0.4, 0.5) is 11.4 Å². The number of aromatic nitrogens is 2. The Hall–Kier alpha value is -1.95. The van der Waals surface area contributed by atoms with Crippen molar-refractivity contribution in [3.8, 4) is 0 Å². The van der Waals surface area contributed by atoms with E-state index in [0.29, 0.717) is 10.5 Å². The summed E-state index contributed by atoms with van der Waals surface area (Å²) in [5, 5.41) is 8.39. The summed E-state index contributed by atoms with van der Waals surface area (Å²) in [5.74, 6) is 0.110. The number of nitrogens with zero attached hydrogens (tertiary/aromatic N) is 3. The van der Waals surface area contributed by atoms with Crippen molar-refractivity contribution >= 4 is 29.0 Å². The molecule has 1 amide bonds. The third-order valence-electron chi connectivity index (χ3n) is 3.81. The predicted octanol–water partition coefficient (Wildman–Crippen LogP) is 3.13. The van der Waals surface area contributed by atoms with Crippen LogP contribution in [-0.4, -0.2) is 44.2 Å². The van der Waals surface area contributed by atoms with E-state index in [-0.39, 0.29) is 5.91 Å². The quantitative estimate of drug-likeness (QED) is 0.939. The first-order chi connectivity index (χ1) is 11.0. The molecule has 6 heteroatoms. The molecule has 2 heterocycles. The maximum Gasteiger partial charge on any atom is 0.254 e. The van der Waals surface area contributed by atoms with Crippen LogP contribution in [0.1, 0.15) is 24.2 Å². The lowest BCUT2D eigenvalue weighted by atomic mass is 10.1. The minimum absolute atomic E-state index is 0.110. The van der Waals surface area contributed by atoms with Crippen LogP contribution in [0.25, 0.3) is 0 Å². The van der Waals surface area contributed by atoms with Crippen molar-refractivity contribution in [3.63, 3.8) is 0 Å². The summed E-state index contributed by atoms with van der Waals surface area (Å²) >= 11 is 1.95. The van der Waals surface area contributed by atoms with Gasteiger partial charge in [0, 0.05) is 48.1 Å².